The maximum Gasteiger partial charge on any atom is 0.405 e. The molecule has 44 heavy (non-hydrogen) atoms. The van der Waals surface area contributed by atoms with Crippen molar-refractivity contribution in [2.24, 2.45) is 11.3 Å². The number of ketones is 1. The summed E-state index contributed by atoms with van der Waals surface area (Å²) < 4.78 is 51.0. The van der Waals surface area contributed by atoms with Crippen molar-refractivity contribution >= 4 is 23.2 Å². The summed E-state index contributed by atoms with van der Waals surface area (Å²) >= 11 is 1.50. The molecule has 0 bridgehead atoms. The van der Waals surface area contributed by atoms with Gasteiger partial charge in [0.2, 0.25) is 0 Å². The van der Waals surface area contributed by atoms with Crippen molar-refractivity contribution in [2.45, 2.75) is 63.0 Å². The summed E-state index contributed by atoms with van der Waals surface area (Å²) in [5.74, 6) is -0.466. The Labute approximate surface area is 257 Å². The lowest BCUT2D eigenvalue weighted by molar-refractivity contribution is -0.125. The van der Waals surface area contributed by atoms with Crippen LogP contribution in [0.5, 0.6) is 0 Å². The van der Waals surface area contributed by atoms with Gasteiger partial charge in [0.15, 0.2) is 0 Å². The van der Waals surface area contributed by atoms with E-state index >= 15 is 0 Å². The molecule has 0 radical (unpaired) electrons. The van der Waals surface area contributed by atoms with Crippen LogP contribution in [0.4, 0.5) is 22.4 Å². The number of rotatable bonds is 8. The van der Waals surface area contributed by atoms with Gasteiger partial charge in [-0.05, 0) is 61.1 Å². The lowest BCUT2D eigenvalue weighted by Gasteiger charge is -2.39. The summed E-state index contributed by atoms with van der Waals surface area (Å²) in [5.41, 5.74) is 3.06. The van der Waals surface area contributed by atoms with Crippen LogP contribution >= 0.6 is 11.3 Å². The Kier molecular flexibility index (Phi) is 8.22. The van der Waals surface area contributed by atoms with E-state index in [-0.39, 0.29) is 35.8 Å². The number of amides is 2. The largest absolute Gasteiger partial charge is 0.405 e. The number of halogens is 4. The Hall–Kier alpha value is -3.78. The molecule has 1 N–H and O–H groups in total. The molecule has 6 nitrogen and oxygen atoms in total. The standard InChI is InChI=1S/C33H32F4N4O2S/c34-24-11-9-22(10-12-24)30-40-28(26-4-2-1-3-25(26)27(42)15-32(18-38)13-14-32)29(44-30)21-7-5-20(6-8-21)23-16-41(17-23)31(43)39-19-33(35,36)37/h5-12,23,25-26H,1-4,13-17,19H2,(H,39,43)/t25-,26-/m1/s1. The smallest absolute Gasteiger partial charge is 0.329 e. The highest BCUT2D eigenvalue weighted by Gasteiger charge is 2.47. The van der Waals surface area contributed by atoms with E-state index < -0.39 is 24.2 Å². The number of urea groups is 1. The number of nitrogens with one attached hydrogen (secondary N) is 1. The number of alkyl halides is 3. The van der Waals surface area contributed by atoms with Crippen LogP contribution in [0.25, 0.3) is 21.0 Å². The number of carbonyl (C=O) groups excluding carboxylic acids is 2. The summed E-state index contributed by atoms with van der Waals surface area (Å²) in [4.78, 5) is 33.0. The first kappa shape index (κ1) is 30.3. The monoisotopic (exact) mass is 624 g/mol. The molecule has 2 aromatic carbocycles. The molecule has 2 amide bonds. The lowest BCUT2D eigenvalue weighted by atomic mass is 9.73. The lowest BCUT2D eigenvalue weighted by Crippen LogP contribution is -2.53. The van der Waals surface area contributed by atoms with E-state index in [2.05, 4.69) is 6.07 Å². The summed E-state index contributed by atoms with van der Waals surface area (Å²) in [5, 5.41) is 12.3. The topological polar surface area (TPSA) is 86.1 Å². The number of hydrogen-bond donors (Lipinski definition) is 1. The quantitative estimate of drug-likeness (QED) is 0.259. The number of nitrogens with zero attached hydrogens (tertiary/aromatic N) is 3. The van der Waals surface area contributed by atoms with Crippen molar-refractivity contribution in [2.75, 3.05) is 19.6 Å². The van der Waals surface area contributed by atoms with E-state index in [0.29, 0.717) is 13.1 Å². The maximum atomic E-state index is 13.7. The summed E-state index contributed by atoms with van der Waals surface area (Å²) in [7, 11) is 0. The van der Waals surface area contributed by atoms with Gasteiger partial charge in [-0.3, -0.25) is 4.79 Å². The molecule has 0 spiro atoms. The van der Waals surface area contributed by atoms with Gasteiger partial charge in [-0.1, -0.05) is 37.1 Å². The zero-order valence-electron chi connectivity index (χ0n) is 24.0. The third-order valence-electron chi connectivity index (χ3n) is 9.13. The van der Waals surface area contributed by atoms with E-state index in [9.17, 15) is 32.4 Å². The fourth-order valence-electron chi connectivity index (χ4n) is 6.34. The fourth-order valence-corrected chi connectivity index (χ4v) is 7.49. The van der Waals surface area contributed by atoms with Gasteiger partial charge in [-0.2, -0.15) is 18.4 Å². The number of benzene rings is 2. The highest BCUT2D eigenvalue weighted by atomic mass is 32.1. The molecule has 1 aromatic heterocycles. The van der Waals surface area contributed by atoms with Gasteiger partial charge in [0.25, 0.3) is 0 Å². The van der Waals surface area contributed by atoms with Crippen LogP contribution in [0.2, 0.25) is 0 Å². The highest BCUT2D eigenvalue weighted by Crippen LogP contribution is 2.51. The van der Waals surface area contributed by atoms with Crippen LogP contribution in [-0.2, 0) is 4.79 Å². The second-order valence-electron chi connectivity index (χ2n) is 12.3. The molecular weight excluding hydrogens is 592 g/mol. The number of thiazole rings is 1. The average Bonchev–Trinajstić information content (AvgIpc) is 3.62. The van der Waals surface area contributed by atoms with Gasteiger partial charge in [0.1, 0.15) is 23.2 Å². The van der Waals surface area contributed by atoms with Crippen molar-refractivity contribution in [3.8, 4) is 27.1 Å². The third-order valence-corrected chi connectivity index (χ3v) is 10.3. The normalized spacial score (nSPS) is 21.3. The zero-order chi connectivity index (χ0) is 31.1. The van der Waals surface area contributed by atoms with E-state index in [1.165, 1.54) is 28.4 Å². The van der Waals surface area contributed by atoms with Crippen molar-refractivity contribution in [1.82, 2.24) is 15.2 Å². The predicted octanol–water partition coefficient (Wildman–Crippen LogP) is 7.82. The van der Waals surface area contributed by atoms with Crippen LogP contribution in [-0.4, -0.2) is 47.5 Å². The van der Waals surface area contributed by atoms with Crippen molar-refractivity contribution in [3.63, 3.8) is 0 Å². The Morgan fingerprint density at radius 1 is 1.02 bits per heavy atom. The molecular formula is C33H32F4N4O2S. The summed E-state index contributed by atoms with van der Waals surface area (Å²) in [6.07, 6.45) is 0.897. The fraction of sp³-hybridized carbons (Fsp3) is 0.455. The molecule has 11 heteroatoms. The molecule has 2 aliphatic carbocycles. The molecule has 2 atom stereocenters. The van der Waals surface area contributed by atoms with Gasteiger partial charge in [-0.25, -0.2) is 14.2 Å². The van der Waals surface area contributed by atoms with Gasteiger partial charge < -0.3 is 10.2 Å². The first-order chi connectivity index (χ1) is 21.0. The second-order valence-corrected chi connectivity index (χ2v) is 13.3. The summed E-state index contributed by atoms with van der Waals surface area (Å²) in [6, 6.07) is 15.8. The number of carbonyl (C=O) groups is 2. The minimum absolute atomic E-state index is 0.0200. The Bertz CT molecular complexity index is 1570. The Morgan fingerprint density at radius 3 is 2.32 bits per heavy atom. The van der Waals surface area contributed by atoms with Crippen LogP contribution < -0.4 is 5.32 Å². The third kappa shape index (κ3) is 6.50. The SMILES string of the molecule is N#CC1(CC(=O)[C@@H]2CCCC[C@H]2c2nc(-c3ccc(F)cc3)sc2-c2ccc(C3CN(C(=O)NCC(F)(F)F)C3)cc2)CC1. The van der Waals surface area contributed by atoms with E-state index in [1.807, 2.05) is 29.6 Å². The number of hydrogen-bond acceptors (Lipinski definition) is 5. The molecule has 6 rings (SSSR count). The van der Waals surface area contributed by atoms with Crippen molar-refractivity contribution in [1.29, 1.82) is 5.26 Å². The number of nitriles is 1. The predicted molar refractivity (Wildman–Crippen MR) is 158 cm³/mol. The van der Waals surface area contributed by atoms with Gasteiger partial charge in [0.05, 0.1) is 22.1 Å². The molecule has 2 heterocycles. The molecule has 3 aliphatic rings. The molecule has 2 saturated carbocycles. The number of Topliss-reactive ketones (excluding diaryl/α,β-unsaturated/α-hetero) is 1. The average molecular weight is 625 g/mol. The van der Waals surface area contributed by atoms with Crippen LogP contribution in [0.3, 0.4) is 0 Å². The second kappa shape index (κ2) is 12.0. The maximum absolute atomic E-state index is 13.7. The summed E-state index contributed by atoms with van der Waals surface area (Å²) in [6.45, 7) is -0.690. The van der Waals surface area contributed by atoms with Gasteiger partial charge in [-0.15, -0.1) is 11.3 Å². The minimum Gasteiger partial charge on any atom is -0.329 e. The van der Waals surface area contributed by atoms with Crippen LogP contribution in [0.1, 0.15) is 68.0 Å². The van der Waals surface area contributed by atoms with E-state index in [0.717, 1.165) is 70.8 Å². The molecule has 3 aromatic rings. The van der Waals surface area contributed by atoms with Crippen LogP contribution in [0.15, 0.2) is 48.5 Å². The highest BCUT2D eigenvalue weighted by molar-refractivity contribution is 7.18. The number of aromatic nitrogens is 1. The molecule has 1 saturated heterocycles. The molecule has 230 valence electrons. The number of likely N-dealkylation sites (tertiary alicyclic amines) is 1. The molecule has 0 unspecified atom stereocenters. The van der Waals surface area contributed by atoms with Gasteiger partial charge in [0, 0.05) is 42.8 Å². The zero-order valence-corrected chi connectivity index (χ0v) is 24.8. The Balaban J connectivity index is 1.24. The van der Waals surface area contributed by atoms with Crippen molar-refractivity contribution in [3.05, 3.63) is 65.6 Å². The van der Waals surface area contributed by atoms with E-state index in [1.54, 1.807) is 12.1 Å². The van der Waals surface area contributed by atoms with E-state index in [4.69, 9.17) is 4.98 Å². The first-order valence-electron chi connectivity index (χ1n) is 14.9. The first-order valence-corrected chi connectivity index (χ1v) is 15.8. The molecule has 1 aliphatic heterocycles. The molecule has 3 fully saturated rings. The Morgan fingerprint density at radius 2 is 1.68 bits per heavy atom. The van der Waals surface area contributed by atoms with Gasteiger partial charge >= 0.3 is 12.2 Å². The van der Waals surface area contributed by atoms with Crippen molar-refractivity contribution < 1.29 is 27.2 Å². The van der Waals surface area contributed by atoms with Crippen LogP contribution in [0, 0.1) is 28.5 Å². The minimum atomic E-state index is -4.46.